The number of sulfonamides is 1. The molecule has 62 heavy (non-hydrogen) atoms. The summed E-state index contributed by atoms with van der Waals surface area (Å²) in [7, 11) is -0.706. The predicted octanol–water partition coefficient (Wildman–Crippen LogP) is 6.92. The standard InChI is InChI=1S/C40H35ClF7N9O4S/c1-19-20(2)39(44,45)37-32(19)36(40(46,47)48)52-57(37)17-31(59)51-28(14-21-12-22(42)15-23(43)13-21)34-25(8-6-24(50-34)7-11-30(58)29-16-55(3)18-49-29)26-9-10-27(41)33-35(26)56(4)53-38(33)54-62(5,60)61/h6,8-10,12-13,15-16,18-20,28,30,58H,14,17H2,1-5H3,(H,51,59)(H,53,54)/t19-,20+,28-,30-/m0/s1. The molecule has 3 N–H and O–H groups in total. The number of rotatable bonds is 10. The lowest BCUT2D eigenvalue weighted by molar-refractivity contribution is -0.143. The van der Waals surface area contributed by atoms with Crippen LogP contribution in [0.15, 0.2) is 55.0 Å². The van der Waals surface area contributed by atoms with Crippen molar-refractivity contribution in [3.8, 4) is 23.0 Å². The van der Waals surface area contributed by atoms with Crippen LogP contribution in [0.1, 0.15) is 71.5 Å². The zero-order valence-electron chi connectivity index (χ0n) is 33.2. The maximum Gasteiger partial charge on any atom is 0.435 e. The molecule has 4 aromatic heterocycles. The molecular weight excluding hydrogens is 871 g/mol. The largest absolute Gasteiger partial charge is 0.435 e. The van der Waals surface area contributed by atoms with Crippen molar-refractivity contribution in [1.82, 2.24) is 39.4 Å². The molecule has 0 saturated carbocycles. The van der Waals surface area contributed by atoms with E-state index in [1.165, 1.54) is 55.4 Å². The number of aromatic nitrogens is 7. The molecule has 0 fully saturated rings. The molecule has 0 aliphatic heterocycles. The molecular formula is C40H35ClF7N9O4S. The van der Waals surface area contributed by atoms with E-state index in [0.717, 1.165) is 25.3 Å². The first kappa shape index (κ1) is 44.1. The molecule has 0 unspecified atom stereocenters. The lowest BCUT2D eigenvalue weighted by Crippen LogP contribution is -2.35. The first-order chi connectivity index (χ1) is 28.9. The van der Waals surface area contributed by atoms with Gasteiger partial charge < -0.3 is 15.0 Å². The smallest absolute Gasteiger partial charge is 0.374 e. The predicted molar refractivity (Wildman–Crippen MR) is 212 cm³/mol. The van der Waals surface area contributed by atoms with Gasteiger partial charge in [0.15, 0.2) is 17.6 Å². The van der Waals surface area contributed by atoms with E-state index in [2.05, 4.69) is 37.1 Å². The maximum atomic E-state index is 15.7. The Kier molecular flexibility index (Phi) is 11.4. The van der Waals surface area contributed by atoms with E-state index in [4.69, 9.17) is 16.6 Å². The van der Waals surface area contributed by atoms with Crippen molar-refractivity contribution in [2.75, 3.05) is 11.0 Å². The minimum Gasteiger partial charge on any atom is -0.374 e. The molecule has 0 saturated heterocycles. The second-order valence-corrected chi connectivity index (χ2v) is 17.2. The summed E-state index contributed by atoms with van der Waals surface area (Å²) in [4.78, 5) is 22.9. The number of halogens is 8. The van der Waals surface area contributed by atoms with Gasteiger partial charge in [0, 0.05) is 49.0 Å². The first-order valence-electron chi connectivity index (χ1n) is 18.5. The van der Waals surface area contributed by atoms with Crippen molar-refractivity contribution in [3.05, 3.63) is 111 Å². The van der Waals surface area contributed by atoms with Gasteiger partial charge in [-0.05, 0) is 54.2 Å². The van der Waals surface area contributed by atoms with Crippen molar-refractivity contribution in [1.29, 1.82) is 0 Å². The van der Waals surface area contributed by atoms with E-state index in [1.807, 2.05) is 0 Å². The second-order valence-electron chi connectivity index (χ2n) is 15.0. The van der Waals surface area contributed by atoms with Gasteiger partial charge in [-0.15, -0.1) is 0 Å². The molecule has 0 radical (unpaired) electrons. The normalized spacial score (nSPS) is 17.1. The summed E-state index contributed by atoms with van der Waals surface area (Å²) in [5, 5.41) is 21.4. The van der Waals surface area contributed by atoms with Gasteiger partial charge in [-0.1, -0.05) is 37.4 Å². The van der Waals surface area contributed by atoms with E-state index >= 15 is 8.78 Å². The number of hydrogen-bond donors (Lipinski definition) is 3. The van der Waals surface area contributed by atoms with E-state index in [0.29, 0.717) is 10.7 Å². The Morgan fingerprint density at radius 2 is 1.73 bits per heavy atom. The van der Waals surface area contributed by atoms with Crippen molar-refractivity contribution in [2.45, 2.75) is 57.0 Å². The first-order valence-corrected chi connectivity index (χ1v) is 20.8. The number of amides is 1. The maximum absolute atomic E-state index is 15.7. The van der Waals surface area contributed by atoms with Crippen LogP contribution < -0.4 is 10.0 Å². The van der Waals surface area contributed by atoms with Gasteiger partial charge in [-0.25, -0.2) is 27.2 Å². The molecule has 1 aliphatic rings. The molecule has 4 atom stereocenters. The van der Waals surface area contributed by atoms with Gasteiger partial charge in [0.1, 0.15) is 29.6 Å². The number of benzene rings is 2. The van der Waals surface area contributed by atoms with Crippen LogP contribution in [0.25, 0.3) is 22.0 Å². The third-order valence-electron chi connectivity index (χ3n) is 10.4. The molecule has 1 amide bonds. The summed E-state index contributed by atoms with van der Waals surface area (Å²) >= 11 is 6.59. The lowest BCUT2D eigenvalue weighted by Gasteiger charge is -2.23. The third kappa shape index (κ3) is 8.58. The van der Waals surface area contributed by atoms with Gasteiger partial charge in [-0.3, -0.25) is 18.9 Å². The van der Waals surface area contributed by atoms with E-state index in [1.54, 1.807) is 11.6 Å². The number of alkyl halides is 5. The number of aryl methyl sites for hydroxylation is 2. The molecule has 0 bridgehead atoms. The highest BCUT2D eigenvalue weighted by Crippen LogP contribution is 2.55. The van der Waals surface area contributed by atoms with Crippen molar-refractivity contribution in [3.63, 3.8) is 0 Å². The summed E-state index contributed by atoms with van der Waals surface area (Å²) in [5.41, 5.74) is -2.54. The van der Waals surface area contributed by atoms with E-state index in [-0.39, 0.29) is 55.5 Å². The number of nitrogens with zero attached hydrogens (tertiary/aromatic N) is 7. The lowest BCUT2D eigenvalue weighted by atomic mass is 9.93. The molecule has 2 aromatic carbocycles. The van der Waals surface area contributed by atoms with Crippen LogP contribution in [0.4, 0.5) is 36.6 Å². The number of carbonyl (C=O) groups excluding carboxylic acids is 1. The average molecular weight is 906 g/mol. The van der Waals surface area contributed by atoms with Crippen LogP contribution in [0.5, 0.6) is 0 Å². The minimum atomic E-state index is -5.14. The molecule has 4 heterocycles. The summed E-state index contributed by atoms with van der Waals surface area (Å²) in [6.07, 6.45) is -3.09. The summed E-state index contributed by atoms with van der Waals surface area (Å²) in [6, 6.07) is 7.02. The monoisotopic (exact) mass is 905 g/mol. The highest BCUT2D eigenvalue weighted by Gasteiger charge is 2.57. The van der Waals surface area contributed by atoms with Gasteiger partial charge in [0.2, 0.25) is 15.9 Å². The third-order valence-corrected chi connectivity index (χ3v) is 11.3. The summed E-state index contributed by atoms with van der Waals surface area (Å²) in [6.45, 7) is 1.17. The Hall–Kier alpha value is -5.98. The number of fused-ring (bicyclic) bond motifs is 2. The van der Waals surface area contributed by atoms with Gasteiger partial charge in [0.05, 0.1) is 45.9 Å². The Morgan fingerprint density at radius 3 is 2.35 bits per heavy atom. The Bertz CT molecular complexity index is 2920. The number of aliphatic hydroxyl groups is 1. The average Bonchev–Trinajstić information content (AvgIpc) is 3.90. The van der Waals surface area contributed by atoms with E-state index in [9.17, 15) is 40.3 Å². The summed E-state index contributed by atoms with van der Waals surface area (Å²) in [5.74, 6) is -4.52. The number of aliphatic hydroxyl groups excluding tert-OH is 1. The highest BCUT2D eigenvalue weighted by molar-refractivity contribution is 7.92. The SMILES string of the molecule is C[C@@H]1c2c(C(F)(F)F)nn(CC(=O)N[C@@H](Cc3cc(F)cc(F)c3)c3nc(C#C[C@H](O)c4cn(C)cn4)ccc3-c3ccc(Cl)c4c(NS(C)(=O)=O)nn(C)c34)c2C(F)(F)[C@@H]1C. The Morgan fingerprint density at radius 1 is 1.05 bits per heavy atom. The molecule has 6 aromatic rings. The van der Waals surface area contributed by atoms with Gasteiger partial charge in [0.25, 0.3) is 5.92 Å². The number of hydrogen-bond acceptors (Lipinski definition) is 8. The fraction of sp³-hybridized carbons (Fsp3) is 0.325. The van der Waals surface area contributed by atoms with Crippen molar-refractivity contribution < 1.29 is 49.1 Å². The summed E-state index contributed by atoms with van der Waals surface area (Å²) < 4.78 is 133. The molecule has 7 rings (SSSR count). The van der Waals surface area contributed by atoms with Gasteiger partial charge in [-0.2, -0.15) is 32.1 Å². The molecule has 326 valence electrons. The molecule has 13 nitrogen and oxygen atoms in total. The quantitative estimate of drug-likeness (QED) is 0.0987. The number of carbonyl (C=O) groups is 1. The highest BCUT2D eigenvalue weighted by atomic mass is 35.5. The van der Waals surface area contributed by atoms with Crippen LogP contribution >= 0.6 is 11.6 Å². The van der Waals surface area contributed by atoms with Crippen LogP contribution in [0.3, 0.4) is 0 Å². The number of pyridine rings is 1. The zero-order valence-corrected chi connectivity index (χ0v) is 34.7. The topological polar surface area (TPSA) is 162 Å². The second kappa shape index (κ2) is 16.0. The van der Waals surface area contributed by atoms with Crippen LogP contribution in [0, 0.1) is 29.4 Å². The molecule has 1 aliphatic carbocycles. The van der Waals surface area contributed by atoms with Crippen molar-refractivity contribution in [2.24, 2.45) is 20.0 Å². The minimum absolute atomic E-state index is 0.0135. The fourth-order valence-corrected chi connectivity index (χ4v) is 8.33. The number of imidazole rings is 1. The number of nitrogens with one attached hydrogen (secondary N) is 2. The van der Waals surface area contributed by atoms with Crippen LogP contribution in [0.2, 0.25) is 5.02 Å². The fourth-order valence-electron chi connectivity index (χ4n) is 7.59. The molecule has 22 heteroatoms. The number of anilines is 1. The van der Waals surface area contributed by atoms with Crippen molar-refractivity contribution >= 4 is 44.3 Å². The Labute approximate surface area is 354 Å². The van der Waals surface area contributed by atoms with Gasteiger partial charge >= 0.3 is 6.18 Å². The van der Waals surface area contributed by atoms with Crippen LogP contribution in [-0.2, 0) is 54.0 Å². The van der Waals surface area contributed by atoms with Crippen LogP contribution in [-0.4, -0.2) is 59.8 Å². The molecule has 0 spiro atoms. The Balaban J connectivity index is 1.40. The zero-order chi connectivity index (χ0) is 45.2. The van der Waals surface area contributed by atoms with E-state index < -0.39 is 93.6 Å².